The number of benzene rings is 2. The lowest BCUT2D eigenvalue weighted by atomic mass is 10.3. The Morgan fingerprint density at radius 2 is 1.76 bits per heavy atom. The first kappa shape index (κ1) is 15.6. The quantitative estimate of drug-likeness (QED) is 0.802. The standard InChI is InChI=1S/C12H8BrF3N2O2S/c13-6-4-8(15)9(17)5-11(6)21(19,20)18-10-3-1-2-7(14)12(10)16/h1-5,18H,17H2. The van der Waals surface area contributed by atoms with Crippen LogP contribution in [0, 0.1) is 17.5 Å². The lowest BCUT2D eigenvalue weighted by Gasteiger charge is -2.11. The second-order valence-corrected chi connectivity index (χ2v) is 6.52. The van der Waals surface area contributed by atoms with Gasteiger partial charge in [-0.1, -0.05) is 6.07 Å². The maximum absolute atomic E-state index is 13.5. The minimum atomic E-state index is -4.27. The molecule has 0 aliphatic heterocycles. The van der Waals surface area contributed by atoms with Gasteiger partial charge in [0.15, 0.2) is 11.6 Å². The number of rotatable bonds is 3. The molecule has 0 aromatic heterocycles. The van der Waals surface area contributed by atoms with Gasteiger partial charge in [0, 0.05) is 4.47 Å². The fourth-order valence-electron chi connectivity index (χ4n) is 1.53. The van der Waals surface area contributed by atoms with Crippen molar-refractivity contribution >= 4 is 37.3 Å². The first-order valence-electron chi connectivity index (χ1n) is 5.43. The zero-order valence-electron chi connectivity index (χ0n) is 10.2. The summed E-state index contributed by atoms with van der Waals surface area (Å²) in [7, 11) is -4.27. The van der Waals surface area contributed by atoms with Gasteiger partial charge >= 0.3 is 0 Å². The number of halogens is 4. The van der Waals surface area contributed by atoms with Gasteiger partial charge < -0.3 is 5.73 Å². The smallest absolute Gasteiger partial charge is 0.263 e. The highest BCUT2D eigenvalue weighted by Gasteiger charge is 2.22. The molecule has 0 saturated carbocycles. The third-order valence-corrected chi connectivity index (χ3v) is 4.86. The molecule has 0 fully saturated rings. The van der Waals surface area contributed by atoms with Gasteiger partial charge in [-0.05, 0) is 40.2 Å². The van der Waals surface area contributed by atoms with E-state index in [9.17, 15) is 21.6 Å². The van der Waals surface area contributed by atoms with Gasteiger partial charge in [0.25, 0.3) is 10.0 Å². The van der Waals surface area contributed by atoms with E-state index in [0.29, 0.717) is 0 Å². The fraction of sp³-hybridized carbons (Fsp3) is 0. The summed E-state index contributed by atoms with van der Waals surface area (Å²) in [6, 6.07) is 4.78. The van der Waals surface area contributed by atoms with Crippen molar-refractivity contribution in [3.8, 4) is 0 Å². The zero-order chi connectivity index (χ0) is 15.8. The van der Waals surface area contributed by atoms with Crippen LogP contribution in [-0.4, -0.2) is 8.42 Å². The lowest BCUT2D eigenvalue weighted by Crippen LogP contribution is -2.15. The van der Waals surface area contributed by atoms with Crippen LogP contribution in [0.15, 0.2) is 39.7 Å². The third kappa shape index (κ3) is 3.13. The molecule has 112 valence electrons. The first-order valence-corrected chi connectivity index (χ1v) is 7.71. The van der Waals surface area contributed by atoms with Crippen molar-refractivity contribution in [2.75, 3.05) is 10.5 Å². The molecule has 0 heterocycles. The van der Waals surface area contributed by atoms with Gasteiger partial charge in [0.05, 0.1) is 11.4 Å². The van der Waals surface area contributed by atoms with Gasteiger partial charge in [-0.15, -0.1) is 0 Å². The van der Waals surface area contributed by atoms with E-state index < -0.39 is 43.7 Å². The van der Waals surface area contributed by atoms with Crippen LogP contribution in [0.25, 0.3) is 0 Å². The van der Waals surface area contributed by atoms with Crippen molar-refractivity contribution in [1.29, 1.82) is 0 Å². The second-order valence-electron chi connectivity index (χ2n) is 4.01. The molecule has 3 N–H and O–H groups in total. The summed E-state index contributed by atoms with van der Waals surface area (Å²) < 4.78 is 65.8. The molecule has 0 amide bonds. The molecule has 0 bridgehead atoms. The predicted molar refractivity (Wildman–Crippen MR) is 75.7 cm³/mol. The van der Waals surface area contributed by atoms with Crippen LogP contribution in [0.5, 0.6) is 0 Å². The van der Waals surface area contributed by atoms with E-state index in [1.165, 1.54) is 0 Å². The number of sulfonamides is 1. The topological polar surface area (TPSA) is 72.2 Å². The van der Waals surface area contributed by atoms with Gasteiger partial charge in [-0.3, -0.25) is 4.72 Å². The number of hydrogen-bond acceptors (Lipinski definition) is 3. The monoisotopic (exact) mass is 380 g/mol. The van der Waals surface area contributed by atoms with E-state index in [2.05, 4.69) is 15.9 Å². The molecule has 2 aromatic rings. The largest absolute Gasteiger partial charge is 0.396 e. The van der Waals surface area contributed by atoms with Crippen molar-refractivity contribution < 1.29 is 21.6 Å². The van der Waals surface area contributed by atoms with E-state index in [-0.39, 0.29) is 4.47 Å². The van der Waals surface area contributed by atoms with Crippen LogP contribution in [0.3, 0.4) is 0 Å². The fourth-order valence-corrected chi connectivity index (χ4v) is 3.64. The SMILES string of the molecule is Nc1cc(S(=O)(=O)Nc2cccc(F)c2F)c(Br)cc1F. The molecular weight excluding hydrogens is 373 g/mol. The molecule has 0 aliphatic rings. The molecule has 0 unspecified atom stereocenters. The summed E-state index contributed by atoms with van der Waals surface area (Å²) in [5.74, 6) is -3.35. The average Bonchev–Trinajstić information content (AvgIpc) is 2.39. The maximum atomic E-state index is 13.5. The molecule has 0 atom stereocenters. The molecule has 4 nitrogen and oxygen atoms in total. The predicted octanol–water partition coefficient (Wildman–Crippen LogP) is 3.25. The highest BCUT2D eigenvalue weighted by molar-refractivity contribution is 9.10. The minimum absolute atomic E-state index is 0.0986. The number of nitrogens with one attached hydrogen (secondary N) is 1. The Labute approximate surface area is 127 Å². The number of hydrogen-bond donors (Lipinski definition) is 2. The average molecular weight is 381 g/mol. The Hall–Kier alpha value is -1.74. The summed E-state index contributed by atoms with van der Waals surface area (Å²) in [5.41, 5.74) is 4.36. The van der Waals surface area contributed by atoms with E-state index in [4.69, 9.17) is 5.73 Å². The van der Waals surface area contributed by atoms with Crippen LogP contribution in [0.2, 0.25) is 0 Å². The first-order chi connectivity index (χ1) is 9.72. The Bertz CT molecular complexity index is 812. The van der Waals surface area contributed by atoms with Crippen molar-refractivity contribution in [2.24, 2.45) is 0 Å². The molecule has 0 spiro atoms. The van der Waals surface area contributed by atoms with Crippen LogP contribution in [0.4, 0.5) is 24.5 Å². The summed E-state index contributed by atoms with van der Waals surface area (Å²) >= 11 is 2.88. The molecule has 21 heavy (non-hydrogen) atoms. The van der Waals surface area contributed by atoms with Crippen molar-refractivity contribution in [2.45, 2.75) is 4.90 Å². The summed E-state index contributed by atoms with van der Waals surface area (Å²) in [6.45, 7) is 0. The van der Waals surface area contributed by atoms with E-state index in [1.807, 2.05) is 4.72 Å². The third-order valence-electron chi connectivity index (χ3n) is 2.54. The highest BCUT2D eigenvalue weighted by atomic mass is 79.9. The highest BCUT2D eigenvalue weighted by Crippen LogP contribution is 2.29. The molecule has 2 aromatic carbocycles. The van der Waals surface area contributed by atoms with Crippen molar-refractivity contribution in [3.05, 3.63) is 52.3 Å². The number of nitrogens with two attached hydrogens (primary N) is 1. The molecule has 0 radical (unpaired) electrons. The Balaban J connectivity index is 2.48. The molecule has 0 aliphatic carbocycles. The van der Waals surface area contributed by atoms with Gasteiger partial charge in [-0.2, -0.15) is 0 Å². The van der Waals surface area contributed by atoms with Gasteiger partial charge in [0.1, 0.15) is 10.7 Å². The van der Waals surface area contributed by atoms with Crippen LogP contribution >= 0.6 is 15.9 Å². The van der Waals surface area contributed by atoms with Crippen LogP contribution in [0.1, 0.15) is 0 Å². The number of anilines is 2. The van der Waals surface area contributed by atoms with Crippen LogP contribution < -0.4 is 10.5 Å². The van der Waals surface area contributed by atoms with Gasteiger partial charge in [-0.25, -0.2) is 21.6 Å². The van der Waals surface area contributed by atoms with E-state index in [1.54, 1.807) is 0 Å². The van der Waals surface area contributed by atoms with E-state index in [0.717, 1.165) is 30.3 Å². The van der Waals surface area contributed by atoms with Gasteiger partial charge in [0.2, 0.25) is 0 Å². The van der Waals surface area contributed by atoms with Crippen molar-refractivity contribution in [3.63, 3.8) is 0 Å². The summed E-state index contributed by atoms with van der Waals surface area (Å²) in [5, 5.41) is 0. The zero-order valence-corrected chi connectivity index (χ0v) is 12.6. The molecule has 9 heteroatoms. The second kappa shape index (κ2) is 5.57. The molecule has 0 saturated heterocycles. The Kier molecular flexibility index (Phi) is 4.15. The Morgan fingerprint density at radius 3 is 2.43 bits per heavy atom. The normalized spacial score (nSPS) is 11.4. The van der Waals surface area contributed by atoms with Crippen molar-refractivity contribution in [1.82, 2.24) is 0 Å². The molecular formula is C12H8BrF3N2O2S. The maximum Gasteiger partial charge on any atom is 0.263 e. The minimum Gasteiger partial charge on any atom is -0.396 e. The Morgan fingerprint density at radius 1 is 1.10 bits per heavy atom. The lowest BCUT2D eigenvalue weighted by molar-refractivity contribution is 0.511. The molecule has 2 rings (SSSR count). The summed E-state index contributed by atoms with van der Waals surface area (Å²) in [4.78, 5) is -0.398. The van der Waals surface area contributed by atoms with E-state index >= 15 is 0 Å². The number of nitrogen functional groups attached to an aromatic ring is 1. The van der Waals surface area contributed by atoms with Crippen LogP contribution in [-0.2, 0) is 10.0 Å². The summed E-state index contributed by atoms with van der Waals surface area (Å²) in [6.07, 6.45) is 0.